The van der Waals surface area contributed by atoms with Crippen LogP contribution in [0.2, 0.25) is 0 Å². The van der Waals surface area contributed by atoms with E-state index < -0.39 is 0 Å². The van der Waals surface area contributed by atoms with E-state index in [4.69, 9.17) is 5.11 Å². The lowest BCUT2D eigenvalue weighted by Gasteiger charge is -2.30. The number of thioether (sulfide) groups is 1. The molecule has 0 aromatic carbocycles. The summed E-state index contributed by atoms with van der Waals surface area (Å²) in [5, 5.41) is 12.5. The van der Waals surface area contributed by atoms with Crippen molar-refractivity contribution in [2.75, 3.05) is 26.0 Å². The normalized spacial score (nSPS) is 24.4. The number of carbonyl (C=O) groups excluding carboxylic acids is 1. The second kappa shape index (κ2) is 7.82. The topological polar surface area (TPSA) is 52.6 Å². The van der Waals surface area contributed by atoms with Crippen LogP contribution in [0.1, 0.15) is 32.6 Å². The number of nitrogens with zero attached hydrogens (tertiary/aromatic N) is 1. The summed E-state index contributed by atoms with van der Waals surface area (Å²) in [6.07, 6.45) is 4.64. The SMILES string of the molecule is CCSC1CCCC(NC(=O)N(C)CCO)C1. The lowest BCUT2D eigenvalue weighted by Crippen LogP contribution is -2.46. The lowest BCUT2D eigenvalue weighted by molar-refractivity contribution is 0.184. The number of amides is 2. The van der Waals surface area contributed by atoms with Crippen molar-refractivity contribution in [2.24, 2.45) is 0 Å². The van der Waals surface area contributed by atoms with Crippen LogP contribution in [0, 0.1) is 0 Å². The van der Waals surface area contributed by atoms with Crippen molar-refractivity contribution in [3.8, 4) is 0 Å². The number of nitrogens with one attached hydrogen (secondary N) is 1. The minimum atomic E-state index is -0.0637. The van der Waals surface area contributed by atoms with Crippen LogP contribution >= 0.6 is 11.8 Å². The van der Waals surface area contributed by atoms with Crippen LogP contribution in [0.4, 0.5) is 4.79 Å². The highest BCUT2D eigenvalue weighted by molar-refractivity contribution is 7.99. The third-order valence-corrected chi connectivity index (χ3v) is 4.37. The molecule has 0 bridgehead atoms. The summed E-state index contributed by atoms with van der Waals surface area (Å²) in [7, 11) is 1.71. The Hall–Kier alpha value is -0.420. The maximum Gasteiger partial charge on any atom is 0.317 e. The first-order chi connectivity index (χ1) is 8.17. The molecule has 1 aliphatic carbocycles. The van der Waals surface area contributed by atoms with Crippen molar-refractivity contribution in [3.63, 3.8) is 0 Å². The summed E-state index contributed by atoms with van der Waals surface area (Å²) < 4.78 is 0. The smallest absolute Gasteiger partial charge is 0.317 e. The minimum Gasteiger partial charge on any atom is -0.395 e. The van der Waals surface area contributed by atoms with Gasteiger partial charge in [0.15, 0.2) is 0 Å². The molecule has 2 N–H and O–H groups in total. The minimum absolute atomic E-state index is 0.0168. The van der Waals surface area contributed by atoms with E-state index in [1.54, 1.807) is 7.05 Å². The van der Waals surface area contributed by atoms with Gasteiger partial charge in [0, 0.05) is 24.9 Å². The fourth-order valence-corrected chi connectivity index (χ4v) is 3.37. The second-order valence-corrected chi connectivity index (χ2v) is 6.11. The van der Waals surface area contributed by atoms with E-state index in [2.05, 4.69) is 12.2 Å². The van der Waals surface area contributed by atoms with Gasteiger partial charge >= 0.3 is 6.03 Å². The number of likely N-dealkylation sites (N-methyl/N-ethyl adjacent to an activating group) is 1. The Balaban J connectivity index is 2.32. The van der Waals surface area contributed by atoms with E-state index in [9.17, 15) is 4.79 Å². The number of aliphatic hydroxyl groups is 1. The maximum atomic E-state index is 11.8. The molecule has 5 heteroatoms. The maximum absolute atomic E-state index is 11.8. The van der Waals surface area contributed by atoms with E-state index in [0.29, 0.717) is 17.8 Å². The highest BCUT2D eigenvalue weighted by Gasteiger charge is 2.23. The molecular weight excluding hydrogens is 236 g/mol. The van der Waals surface area contributed by atoms with Gasteiger partial charge in [-0.3, -0.25) is 0 Å². The molecule has 0 radical (unpaired) electrons. The number of hydrogen-bond donors (Lipinski definition) is 2. The fourth-order valence-electron chi connectivity index (χ4n) is 2.20. The molecule has 1 rings (SSSR count). The first kappa shape index (κ1) is 14.6. The van der Waals surface area contributed by atoms with Gasteiger partial charge in [0.05, 0.1) is 6.61 Å². The predicted octanol–water partition coefficient (Wildman–Crippen LogP) is 1.68. The molecule has 1 saturated carbocycles. The summed E-state index contributed by atoms with van der Waals surface area (Å²) in [6.45, 7) is 2.59. The van der Waals surface area contributed by atoms with Crippen molar-refractivity contribution < 1.29 is 9.90 Å². The van der Waals surface area contributed by atoms with Crippen LogP contribution in [-0.4, -0.2) is 53.3 Å². The number of urea groups is 1. The Labute approximate surface area is 108 Å². The molecule has 0 saturated heterocycles. The number of aliphatic hydroxyl groups excluding tert-OH is 1. The summed E-state index contributed by atoms with van der Waals surface area (Å²) in [4.78, 5) is 13.3. The van der Waals surface area contributed by atoms with E-state index in [1.807, 2.05) is 11.8 Å². The first-order valence-electron chi connectivity index (χ1n) is 6.41. The zero-order chi connectivity index (χ0) is 12.7. The first-order valence-corrected chi connectivity index (χ1v) is 7.46. The highest BCUT2D eigenvalue weighted by Crippen LogP contribution is 2.28. The van der Waals surface area contributed by atoms with Gasteiger partial charge in [0.25, 0.3) is 0 Å². The largest absolute Gasteiger partial charge is 0.395 e. The van der Waals surface area contributed by atoms with Gasteiger partial charge < -0.3 is 15.3 Å². The van der Waals surface area contributed by atoms with Crippen LogP contribution in [0.25, 0.3) is 0 Å². The average molecular weight is 260 g/mol. The van der Waals surface area contributed by atoms with Crippen LogP contribution in [0.15, 0.2) is 0 Å². The third kappa shape index (κ3) is 5.17. The Morgan fingerprint density at radius 2 is 2.29 bits per heavy atom. The Kier molecular flexibility index (Phi) is 6.73. The number of hydrogen-bond acceptors (Lipinski definition) is 3. The molecule has 0 heterocycles. The number of carbonyl (C=O) groups is 1. The zero-order valence-electron chi connectivity index (χ0n) is 10.8. The van der Waals surface area contributed by atoms with Crippen molar-refractivity contribution >= 4 is 17.8 Å². The average Bonchev–Trinajstić information content (AvgIpc) is 2.30. The van der Waals surface area contributed by atoms with Gasteiger partial charge in [-0.2, -0.15) is 11.8 Å². The fraction of sp³-hybridized carbons (Fsp3) is 0.917. The Bertz CT molecular complexity index is 237. The number of rotatable bonds is 5. The van der Waals surface area contributed by atoms with E-state index in [-0.39, 0.29) is 12.6 Å². The predicted molar refractivity (Wildman–Crippen MR) is 72.4 cm³/mol. The van der Waals surface area contributed by atoms with Crippen LogP contribution < -0.4 is 5.32 Å². The molecular formula is C12H24N2O2S. The van der Waals surface area contributed by atoms with Gasteiger partial charge in [-0.25, -0.2) is 4.79 Å². The van der Waals surface area contributed by atoms with Gasteiger partial charge in [-0.05, 0) is 25.0 Å². The summed E-state index contributed by atoms with van der Waals surface area (Å²) >= 11 is 2.00. The molecule has 2 unspecified atom stereocenters. The molecule has 0 aromatic rings. The van der Waals surface area contributed by atoms with Crippen LogP contribution in [0.5, 0.6) is 0 Å². The molecule has 0 spiro atoms. The monoisotopic (exact) mass is 260 g/mol. The van der Waals surface area contributed by atoms with E-state index >= 15 is 0 Å². The molecule has 2 amide bonds. The van der Waals surface area contributed by atoms with Gasteiger partial charge in [-0.1, -0.05) is 13.3 Å². The van der Waals surface area contributed by atoms with Crippen molar-refractivity contribution in [1.82, 2.24) is 10.2 Å². The molecule has 4 nitrogen and oxygen atoms in total. The zero-order valence-corrected chi connectivity index (χ0v) is 11.6. The summed E-state index contributed by atoms with van der Waals surface area (Å²) in [6, 6.07) is 0.243. The molecule has 1 aliphatic rings. The third-order valence-electron chi connectivity index (χ3n) is 3.14. The van der Waals surface area contributed by atoms with Gasteiger partial charge in [0.1, 0.15) is 0 Å². The van der Waals surface area contributed by atoms with Gasteiger partial charge in [-0.15, -0.1) is 0 Å². The van der Waals surface area contributed by atoms with Crippen LogP contribution in [-0.2, 0) is 0 Å². The standard InChI is InChI=1S/C12H24N2O2S/c1-3-17-11-6-4-5-10(9-11)13-12(16)14(2)7-8-15/h10-11,15H,3-9H2,1-2H3,(H,13,16). The summed E-state index contributed by atoms with van der Waals surface area (Å²) in [5.74, 6) is 1.15. The van der Waals surface area contributed by atoms with Crippen molar-refractivity contribution in [1.29, 1.82) is 0 Å². The molecule has 2 atom stereocenters. The lowest BCUT2D eigenvalue weighted by atomic mass is 9.95. The van der Waals surface area contributed by atoms with Gasteiger partial charge in [0.2, 0.25) is 0 Å². The van der Waals surface area contributed by atoms with E-state index in [1.165, 1.54) is 17.7 Å². The summed E-state index contributed by atoms with van der Waals surface area (Å²) in [5.41, 5.74) is 0. The molecule has 17 heavy (non-hydrogen) atoms. The van der Waals surface area contributed by atoms with Crippen LogP contribution in [0.3, 0.4) is 0 Å². The second-order valence-electron chi connectivity index (χ2n) is 4.54. The van der Waals surface area contributed by atoms with Crippen molar-refractivity contribution in [2.45, 2.75) is 43.9 Å². The molecule has 1 fully saturated rings. The Morgan fingerprint density at radius 3 is 2.94 bits per heavy atom. The van der Waals surface area contributed by atoms with E-state index in [0.717, 1.165) is 18.6 Å². The molecule has 0 aliphatic heterocycles. The van der Waals surface area contributed by atoms with Crippen molar-refractivity contribution in [3.05, 3.63) is 0 Å². The quantitative estimate of drug-likeness (QED) is 0.791. The molecule has 0 aromatic heterocycles. The Morgan fingerprint density at radius 1 is 1.53 bits per heavy atom. The molecule has 100 valence electrons. The highest BCUT2D eigenvalue weighted by atomic mass is 32.2.